The van der Waals surface area contributed by atoms with Gasteiger partial charge in [-0.05, 0) is 46.5 Å². The van der Waals surface area contributed by atoms with E-state index in [4.69, 9.17) is 15.3 Å². The van der Waals surface area contributed by atoms with Crippen LogP contribution in [-0.2, 0) is 14.4 Å². The molecule has 0 aromatic carbocycles. The number of ether oxygens (including phenoxy) is 1. The van der Waals surface area contributed by atoms with Crippen molar-refractivity contribution in [3.63, 3.8) is 0 Å². The largest absolute Gasteiger partial charge is 0.444 e. The Morgan fingerprint density at radius 1 is 1.15 bits per heavy atom. The molecule has 0 aromatic heterocycles. The fourth-order valence-corrected chi connectivity index (χ4v) is 2.06. The molecule has 1 aliphatic rings. The first-order chi connectivity index (χ1) is 9.26. The van der Waals surface area contributed by atoms with Crippen LogP contribution in [0.15, 0.2) is 0 Å². The SMILES string of the molecule is CC(C)(C)OC(=O)NC1CCC(NOCC(N)=O)CC1. The average Bonchev–Trinajstić information content (AvgIpc) is 2.28. The van der Waals surface area contributed by atoms with Gasteiger partial charge in [0.15, 0.2) is 0 Å². The van der Waals surface area contributed by atoms with Crippen molar-refractivity contribution < 1.29 is 19.2 Å². The van der Waals surface area contributed by atoms with Crippen molar-refractivity contribution in [2.75, 3.05) is 6.61 Å². The fraction of sp³-hybridized carbons (Fsp3) is 0.846. The second-order valence-electron chi connectivity index (χ2n) is 6.07. The molecular weight excluding hydrogens is 262 g/mol. The zero-order valence-electron chi connectivity index (χ0n) is 12.4. The topological polar surface area (TPSA) is 103 Å². The first-order valence-electron chi connectivity index (χ1n) is 6.91. The lowest BCUT2D eigenvalue weighted by Gasteiger charge is -2.30. The Hall–Kier alpha value is -1.34. The molecule has 0 unspecified atom stereocenters. The number of hydrogen-bond acceptors (Lipinski definition) is 5. The van der Waals surface area contributed by atoms with Crippen LogP contribution < -0.4 is 16.5 Å². The summed E-state index contributed by atoms with van der Waals surface area (Å²) in [5, 5.41) is 2.87. The number of nitrogens with two attached hydrogens (primary N) is 1. The number of hydroxylamine groups is 1. The molecule has 4 N–H and O–H groups in total. The molecule has 1 saturated carbocycles. The molecular formula is C13H25N3O4. The fourth-order valence-electron chi connectivity index (χ4n) is 2.06. The van der Waals surface area contributed by atoms with E-state index in [9.17, 15) is 9.59 Å². The molecule has 0 aliphatic heterocycles. The molecule has 0 bridgehead atoms. The summed E-state index contributed by atoms with van der Waals surface area (Å²) in [6, 6.07) is 0.310. The summed E-state index contributed by atoms with van der Waals surface area (Å²) in [6.07, 6.45) is 3.03. The van der Waals surface area contributed by atoms with Gasteiger partial charge in [-0.1, -0.05) is 0 Å². The van der Waals surface area contributed by atoms with Gasteiger partial charge in [-0.15, -0.1) is 0 Å². The molecule has 2 amide bonds. The number of carbonyl (C=O) groups excluding carboxylic acids is 2. The second kappa shape index (κ2) is 7.44. The third kappa shape index (κ3) is 7.30. The molecule has 116 valence electrons. The van der Waals surface area contributed by atoms with Crippen LogP contribution in [0.1, 0.15) is 46.5 Å². The van der Waals surface area contributed by atoms with Crippen molar-refractivity contribution in [1.82, 2.24) is 10.8 Å². The Morgan fingerprint density at radius 3 is 2.20 bits per heavy atom. The maximum absolute atomic E-state index is 11.6. The van der Waals surface area contributed by atoms with E-state index < -0.39 is 11.5 Å². The number of nitrogens with one attached hydrogen (secondary N) is 2. The molecule has 1 rings (SSSR count). The van der Waals surface area contributed by atoms with Gasteiger partial charge < -0.3 is 15.8 Å². The van der Waals surface area contributed by atoms with Crippen LogP contribution >= 0.6 is 0 Å². The zero-order chi connectivity index (χ0) is 15.2. The van der Waals surface area contributed by atoms with Gasteiger partial charge in [0.25, 0.3) is 0 Å². The highest BCUT2D eigenvalue weighted by atomic mass is 16.6. The van der Waals surface area contributed by atoms with Gasteiger partial charge in [0.05, 0.1) is 0 Å². The molecule has 0 spiro atoms. The number of alkyl carbamates (subject to hydrolysis) is 1. The Kier molecular flexibility index (Phi) is 6.22. The highest BCUT2D eigenvalue weighted by molar-refractivity contribution is 5.74. The van der Waals surface area contributed by atoms with Crippen LogP contribution in [-0.4, -0.2) is 36.3 Å². The first-order valence-corrected chi connectivity index (χ1v) is 6.91. The van der Waals surface area contributed by atoms with Crippen molar-refractivity contribution in [3.05, 3.63) is 0 Å². The Balaban J connectivity index is 2.18. The molecule has 20 heavy (non-hydrogen) atoms. The number of hydrogen-bond donors (Lipinski definition) is 3. The van der Waals surface area contributed by atoms with E-state index in [1.54, 1.807) is 0 Å². The lowest BCUT2D eigenvalue weighted by atomic mass is 9.92. The Labute approximate surface area is 119 Å². The van der Waals surface area contributed by atoms with E-state index in [1.807, 2.05) is 20.8 Å². The van der Waals surface area contributed by atoms with Crippen LogP contribution in [0.2, 0.25) is 0 Å². The summed E-state index contributed by atoms with van der Waals surface area (Å²) >= 11 is 0. The van der Waals surface area contributed by atoms with Gasteiger partial charge >= 0.3 is 6.09 Å². The molecule has 1 aliphatic carbocycles. The summed E-state index contributed by atoms with van der Waals surface area (Å²) in [7, 11) is 0. The summed E-state index contributed by atoms with van der Waals surface area (Å²) in [4.78, 5) is 27.1. The predicted molar refractivity (Wildman–Crippen MR) is 73.7 cm³/mol. The summed E-state index contributed by atoms with van der Waals surface area (Å²) < 4.78 is 5.22. The summed E-state index contributed by atoms with van der Waals surface area (Å²) in [5.41, 5.74) is 7.31. The first kappa shape index (κ1) is 16.7. The summed E-state index contributed by atoms with van der Waals surface area (Å²) in [5.74, 6) is -0.502. The van der Waals surface area contributed by atoms with E-state index in [-0.39, 0.29) is 24.8 Å². The van der Waals surface area contributed by atoms with Crippen molar-refractivity contribution in [2.24, 2.45) is 5.73 Å². The van der Waals surface area contributed by atoms with Crippen LogP contribution in [0.25, 0.3) is 0 Å². The molecule has 0 aromatic rings. The second-order valence-corrected chi connectivity index (χ2v) is 6.07. The van der Waals surface area contributed by atoms with E-state index >= 15 is 0 Å². The molecule has 1 fully saturated rings. The lowest BCUT2D eigenvalue weighted by Crippen LogP contribution is -2.44. The van der Waals surface area contributed by atoms with E-state index in [0.717, 1.165) is 25.7 Å². The predicted octanol–water partition coefficient (Wildman–Crippen LogP) is 0.829. The number of amides is 2. The Morgan fingerprint density at radius 2 is 1.70 bits per heavy atom. The highest BCUT2D eigenvalue weighted by Crippen LogP contribution is 2.19. The number of primary amides is 1. The van der Waals surface area contributed by atoms with Crippen molar-refractivity contribution in [1.29, 1.82) is 0 Å². The average molecular weight is 287 g/mol. The van der Waals surface area contributed by atoms with E-state index in [1.165, 1.54) is 0 Å². The maximum atomic E-state index is 11.6. The van der Waals surface area contributed by atoms with Gasteiger partial charge in [-0.25, -0.2) is 4.79 Å². The van der Waals surface area contributed by atoms with Gasteiger partial charge in [0.2, 0.25) is 5.91 Å². The molecule has 7 nitrogen and oxygen atoms in total. The van der Waals surface area contributed by atoms with Crippen molar-refractivity contribution >= 4 is 12.0 Å². The number of carbonyl (C=O) groups is 2. The Bertz CT molecular complexity index is 333. The van der Waals surface area contributed by atoms with Gasteiger partial charge in [-0.3, -0.25) is 9.63 Å². The van der Waals surface area contributed by atoms with Crippen molar-refractivity contribution in [3.8, 4) is 0 Å². The smallest absolute Gasteiger partial charge is 0.407 e. The van der Waals surface area contributed by atoms with Crippen LogP contribution in [0, 0.1) is 0 Å². The molecule has 0 atom stereocenters. The van der Waals surface area contributed by atoms with Crippen molar-refractivity contribution in [2.45, 2.75) is 64.1 Å². The standard InChI is InChI=1S/C13H25N3O4/c1-13(2,3)20-12(18)15-9-4-6-10(7-5-9)16-19-8-11(14)17/h9-10,16H,4-8H2,1-3H3,(H2,14,17)(H,15,18). The van der Waals surface area contributed by atoms with Gasteiger partial charge in [0.1, 0.15) is 12.2 Å². The van der Waals surface area contributed by atoms with Crippen LogP contribution in [0.4, 0.5) is 4.79 Å². The van der Waals surface area contributed by atoms with Crippen LogP contribution in [0.3, 0.4) is 0 Å². The minimum Gasteiger partial charge on any atom is -0.444 e. The molecule has 0 radical (unpaired) electrons. The van der Waals surface area contributed by atoms with Gasteiger partial charge in [-0.2, -0.15) is 5.48 Å². The lowest BCUT2D eigenvalue weighted by molar-refractivity contribution is -0.126. The zero-order valence-corrected chi connectivity index (χ0v) is 12.4. The third-order valence-electron chi connectivity index (χ3n) is 2.91. The quantitative estimate of drug-likeness (QED) is 0.650. The minimum absolute atomic E-state index is 0.124. The molecule has 0 heterocycles. The summed E-state index contributed by atoms with van der Waals surface area (Å²) in [6.45, 7) is 5.38. The maximum Gasteiger partial charge on any atom is 0.407 e. The van der Waals surface area contributed by atoms with E-state index in [2.05, 4.69) is 10.8 Å². The monoisotopic (exact) mass is 287 g/mol. The molecule has 7 heteroatoms. The van der Waals surface area contributed by atoms with Crippen LogP contribution in [0.5, 0.6) is 0 Å². The number of rotatable bonds is 5. The molecule has 0 saturated heterocycles. The minimum atomic E-state index is -0.502. The third-order valence-corrected chi connectivity index (χ3v) is 2.91. The normalized spacial score (nSPS) is 23.1. The highest BCUT2D eigenvalue weighted by Gasteiger charge is 2.24. The van der Waals surface area contributed by atoms with Gasteiger partial charge in [0, 0.05) is 12.1 Å². The van der Waals surface area contributed by atoms with E-state index in [0.29, 0.717) is 0 Å².